The highest BCUT2D eigenvalue weighted by Crippen LogP contribution is 2.20. The number of rotatable bonds is 0. The molecule has 2 aromatic heterocycles. The Morgan fingerprint density at radius 3 is 3.00 bits per heavy atom. The second-order valence-electron chi connectivity index (χ2n) is 3.26. The van der Waals surface area contributed by atoms with Crippen molar-refractivity contribution >= 4 is 21.8 Å². The van der Waals surface area contributed by atoms with Crippen molar-refractivity contribution in [3.8, 4) is 0 Å². The van der Waals surface area contributed by atoms with Crippen LogP contribution in [0.5, 0.6) is 0 Å². The normalized spacial score (nSPS) is 11.2. The van der Waals surface area contributed by atoms with Crippen LogP contribution in [0.3, 0.4) is 0 Å². The third-order valence-corrected chi connectivity index (χ3v) is 2.40. The molecule has 0 unspecified atom stereocenters. The Morgan fingerprint density at radius 2 is 2.13 bits per heavy atom. The molecule has 0 aliphatic rings. The molecular formula is C10H7N3O2. The predicted octanol–water partition coefficient (Wildman–Crippen LogP) is 1.50. The molecule has 2 heterocycles. The summed E-state index contributed by atoms with van der Waals surface area (Å²) in [6.45, 7) is 0. The minimum Gasteiger partial charge on any atom is -0.428 e. The van der Waals surface area contributed by atoms with Gasteiger partial charge in [-0.05, 0) is 24.3 Å². The van der Waals surface area contributed by atoms with E-state index in [0.717, 1.165) is 10.1 Å². The van der Waals surface area contributed by atoms with Crippen molar-refractivity contribution < 1.29 is 9.73 Å². The van der Waals surface area contributed by atoms with Gasteiger partial charge in [0, 0.05) is 11.6 Å². The summed E-state index contributed by atoms with van der Waals surface area (Å²) in [6, 6.07) is 6.97. The van der Waals surface area contributed by atoms with Crippen LogP contribution in [-0.4, -0.2) is 15.1 Å². The number of nitrogens with one attached hydrogen (secondary N) is 1. The number of aromatic nitrogens is 2. The van der Waals surface area contributed by atoms with Crippen LogP contribution in [0.4, 0.5) is 0 Å². The molecule has 0 spiro atoms. The Morgan fingerprint density at radius 1 is 1.27 bits per heavy atom. The van der Waals surface area contributed by atoms with Gasteiger partial charge in [0.15, 0.2) is 0 Å². The van der Waals surface area contributed by atoms with Crippen molar-refractivity contribution in [3.63, 3.8) is 0 Å². The van der Waals surface area contributed by atoms with Gasteiger partial charge in [-0.1, -0.05) is 5.16 Å². The Labute approximate surface area is 83.6 Å². The zero-order valence-corrected chi connectivity index (χ0v) is 7.64. The van der Waals surface area contributed by atoms with E-state index in [1.54, 1.807) is 18.2 Å². The minimum absolute atomic E-state index is 0.0419. The Kier molecular flexibility index (Phi) is 1.39. The largest absolute Gasteiger partial charge is 0.428 e. The van der Waals surface area contributed by atoms with E-state index in [4.69, 9.17) is 9.93 Å². The maximum absolute atomic E-state index is 9.55. The lowest BCUT2D eigenvalue weighted by atomic mass is 10.1. The molecule has 1 aromatic carbocycles. The molecule has 0 saturated carbocycles. The molecule has 0 atom stereocenters. The minimum atomic E-state index is 0.0419. The SMILES string of the molecule is N=c1onc2c1ccc1c2cccn1O. The first kappa shape index (κ1) is 8.05. The maximum atomic E-state index is 9.55. The van der Waals surface area contributed by atoms with Crippen molar-refractivity contribution in [1.82, 2.24) is 9.89 Å². The third kappa shape index (κ3) is 0.969. The van der Waals surface area contributed by atoms with Gasteiger partial charge in [-0.25, -0.2) is 0 Å². The quantitative estimate of drug-likeness (QED) is 0.541. The van der Waals surface area contributed by atoms with Crippen molar-refractivity contribution in [2.75, 3.05) is 0 Å². The van der Waals surface area contributed by atoms with Gasteiger partial charge in [-0.15, -0.1) is 0 Å². The average molecular weight is 201 g/mol. The van der Waals surface area contributed by atoms with Gasteiger partial charge >= 0.3 is 0 Å². The van der Waals surface area contributed by atoms with Gasteiger partial charge < -0.3 is 9.73 Å². The van der Waals surface area contributed by atoms with Crippen LogP contribution in [-0.2, 0) is 0 Å². The molecule has 0 aliphatic heterocycles. The summed E-state index contributed by atoms with van der Waals surface area (Å²) >= 11 is 0. The fraction of sp³-hybridized carbons (Fsp3) is 0. The molecule has 0 aliphatic carbocycles. The predicted molar refractivity (Wildman–Crippen MR) is 52.5 cm³/mol. The fourth-order valence-corrected chi connectivity index (χ4v) is 1.68. The van der Waals surface area contributed by atoms with Crippen LogP contribution in [0, 0.1) is 5.41 Å². The summed E-state index contributed by atoms with van der Waals surface area (Å²) < 4.78 is 5.81. The summed E-state index contributed by atoms with van der Waals surface area (Å²) in [5.41, 5.74) is 1.28. The topological polar surface area (TPSA) is 75.0 Å². The number of benzene rings is 1. The fourth-order valence-electron chi connectivity index (χ4n) is 1.68. The molecule has 2 N–H and O–H groups in total. The molecule has 5 nitrogen and oxygen atoms in total. The van der Waals surface area contributed by atoms with E-state index in [-0.39, 0.29) is 5.55 Å². The maximum Gasteiger partial charge on any atom is 0.251 e. The van der Waals surface area contributed by atoms with Crippen molar-refractivity contribution in [3.05, 3.63) is 36.0 Å². The van der Waals surface area contributed by atoms with E-state index in [9.17, 15) is 5.21 Å². The highest BCUT2D eigenvalue weighted by Gasteiger charge is 2.07. The van der Waals surface area contributed by atoms with Crippen LogP contribution >= 0.6 is 0 Å². The first-order chi connectivity index (χ1) is 7.27. The Hall–Kier alpha value is -2.30. The standard InChI is InChI=1S/C10H7N3O2/c11-10-7-3-4-8-6(9(7)12-15-10)2-1-5-13(8)14/h1-5,11,14H. The second-order valence-corrected chi connectivity index (χ2v) is 3.26. The number of fused-ring (bicyclic) bond motifs is 3. The summed E-state index contributed by atoms with van der Waals surface area (Å²) in [4.78, 5) is 0. The van der Waals surface area contributed by atoms with E-state index in [1.807, 2.05) is 6.07 Å². The van der Waals surface area contributed by atoms with Gasteiger partial charge in [0.05, 0.1) is 10.9 Å². The van der Waals surface area contributed by atoms with E-state index < -0.39 is 0 Å². The van der Waals surface area contributed by atoms with Crippen LogP contribution in [0.25, 0.3) is 21.8 Å². The molecule has 3 aromatic rings. The lowest BCUT2D eigenvalue weighted by molar-refractivity contribution is 0.198. The first-order valence-corrected chi connectivity index (χ1v) is 4.41. The van der Waals surface area contributed by atoms with Gasteiger partial charge in [0.2, 0.25) is 0 Å². The van der Waals surface area contributed by atoms with Gasteiger partial charge in [0.1, 0.15) is 5.52 Å². The van der Waals surface area contributed by atoms with E-state index in [0.29, 0.717) is 16.4 Å². The summed E-state index contributed by atoms with van der Waals surface area (Å²) in [5.74, 6) is 0. The first-order valence-electron chi connectivity index (χ1n) is 4.41. The van der Waals surface area contributed by atoms with Crippen LogP contribution in [0.1, 0.15) is 0 Å². The number of hydrogen-bond donors (Lipinski definition) is 2. The van der Waals surface area contributed by atoms with Crippen molar-refractivity contribution in [1.29, 1.82) is 5.41 Å². The smallest absolute Gasteiger partial charge is 0.251 e. The van der Waals surface area contributed by atoms with Crippen molar-refractivity contribution in [2.45, 2.75) is 0 Å². The molecular weight excluding hydrogens is 194 g/mol. The van der Waals surface area contributed by atoms with Gasteiger partial charge in [-0.3, -0.25) is 5.41 Å². The van der Waals surface area contributed by atoms with Crippen LogP contribution in [0.15, 0.2) is 35.0 Å². The zero-order chi connectivity index (χ0) is 10.4. The van der Waals surface area contributed by atoms with Crippen LogP contribution < -0.4 is 5.55 Å². The van der Waals surface area contributed by atoms with Gasteiger partial charge in [-0.2, -0.15) is 4.73 Å². The molecule has 3 rings (SSSR count). The van der Waals surface area contributed by atoms with E-state index in [1.165, 1.54) is 6.20 Å². The second kappa shape index (κ2) is 2.60. The highest BCUT2D eigenvalue weighted by molar-refractivity contribution is 6.02. The molecule has 5 heteroatoms. The molecule has 0 bridgehead atoms. The summed E-state index contributed by atoms with van der Waals surface area (Å²) in [7, 11) is 0. The number of pyridine rings is 1. The molecule has 74 valence electrons. The van der Waals surface area contributed by atoms with Crippen LogP contribution in [0.2, 0.25) is 0 Å². The lowest BCUT2D eigenvalue weighted by Crippen LogP contribution is -1.95. The van der Waals surface area contributed by atoms with E-state index in [2.05, 4.69) is 5.16 Å². The van der Waals surface area contributed by atoms with Gasteiger partial charge in [0.25, 0.3) is 5.55 Å². The zero-order valence-electron chi connectivity index (χ0n) is 7.64. The third-order valence-electron chi connectivity index (χ3n) is 2.40. The van der Waals surface area contributed by atoms with Crippen molar-refractivity contribution in [2.24, 2.45) is 0 Å². The number of hydrogen-bond acceptors (Lipinski definition) is 4. The summed E-state index contributed by atoms with van der Waals surface area (Å²) in [5, 5.41) is 22.2. The summed E-state index contributed by atoms with van der Waals surface area (Å²) in [6.07, 6.45) is 1.54. The molecule has 0 fully saturated rings. The number of nitrogens with zero attached hydrogens (tertiary/aromatic N) is 2. The lowest BCUT2D eigenvalue weighted by Gasteiger charge is -2.02. The Balaban J connectivity index is 2.66. The molecule has 0 saturated heterocycles. The molecule has 0 amide bonds. The molecule has 0 radical (unpaired) electrons. The monoisotopic (exact) mass is 201 g/mol. The highest BCUT2D eigenvalue weighted by atomic mass is 16.5. The Bertz CT molecular complexity index is 711. The average Bonchev–Trinajstić information content (AvgIpc) is 2.61. The molecule has 15 heavy (non-hydrogen) atoms. The van der Waals surface area contributed by atoms with E-state index >= 15 is 0 Å².